The first-order chi connectivity index (χ1) is 4.81. The predicted molar refractivity (Wildman–Crippen MR) is 37.9 cm³/mol. The van der Waals surface area contributed by atoms with Gasteiger partial charge in [0, 0.05) is 0 Å². The Kier molecular flexibility index (Phi) is 5.72. The molecule has 0 rings (SSSR count). The van der Waals surface area contributed by atoms with Gasteiger partial charge < -0.3 is 8.92 Å². The standard InChI is InChI=1S/C5H7NO3S/c1-3-4-9-5(7)6-10-8-2/h1H,4H2,2H3,(H,6,7). The molecule has 0 aromatic heterocycles. The average molecular weight is 161 g/mol. The van der Waals surface area contributed by atoms with E-state index in [1.165, 1.54) is 7.11 Å². The molecule has 1 amide bonds. The van der Waals surface area contributed by atoms with Gasteiger partial charge in [-0.1, -0.05) is 5.92 Å². The first-order valence-corrected chi connectivity index (χ1v) is 3.11. The maximum absolute atomic E-state index is 10.4. The summed E-state index contributed by atoms with van der Waals surface area (Å²) >= 11 is 0.774. The highest BCUT2D eigenvalue weighted by Gasteiger charge is 1.97. The van der Waals surface area contributed by atoms with Gasteiger partial charge >= 0.3 is 6.09 Å². The Hall–Kier alpha value is -0.860. The van der Waals surface area contributed by atoms with Crippen molar-refractivity contribution in [2.24, 2.45) is 0 Å². The molecular weight excluding hydrogens is 154 g/mol. The summed E-state index contributed by atoms with van der Waals surface area (Å²) in [5.41, 5.74) is 0. The minimum Gasteiger partial charge on any atom is -0.436 e. The second-order valence-corrected chi connectivity index (χ2v) is 1.84. The van der Waals surface area contributed by atoms with E-state index < -0.39 is 6.09 Å². The van der Waals surface area contributed by atoms with Crippen molar-refractivity contribution in [2.75, 3.05) is 13.7 Å². The summed E-state index contributed by atoms with van der Waals surface area (Å²) in [6.45, 7) is -0.0316. The number of rotatable bonds is 3. The third-order valence-corrected chi connectivity index (χ3v) is 0.912. The molecule has 0 aliphatic heterocycles. The van der Waals surface area contributed by atoms with Crippen LogP contribution in [0.1, 0.15) is 0 Å². The molecule has 0 saturated carbocycles. The summed E-state index contributed by atoms with van der Waals surface area (Å²) in [6, 6.07) is 0. The van der Waals surface area contributed by atoms with Crippen LogP contribution in [0.25, 0.3) is 0 Å². The molecule has 0 radical (unpaired) electrons. The van der Waals surface area contributed by atoms with Gasteiger partial charge in [-0.3, -0.25) is 0 Å². The molecular formula is C5H7NO3S. The second-order valence-electron chi connectivity index (χ2n) is 1.13. The predicted octanol–water partition coefficient (Wildman–Crippen LogP) is 0.555. The van der Waals surface area contributed by atoms with Crippen LogP contribution in [0, 0.1) is 12.3 Å². The second kappa shape index (κ2) is 6.26. The Morgan fingerprint density at radius 1 is 1.90 bits per heavy atom. The van der Waals surface area contributed by atoms with Gasteiger partial charge in [-0.05, 0) is 0 Å². The summed E-state index contributed by atoms with van der Waals surface area (Å²) in [7, 11) is 1.42. The zero-order valence-electron chi connectivity index (χ0n) is 5.42. The first kappa shape index (κ1) is 9.14. The van der Waals surface area contributed by atoms with Gasteiger partial charge in [0.15, 0.2) is 6.61 Å². The van der Waals surface area contributed by atoms with Crippen LogP contribution in [0.2, 0.25) is 0 Å². The summed E-state index contributed by atoms with van der Waals surface area (Å²) in [6.07, 6.45) is 4.21. The van der Waals surface area contributed by atoms with Crippen LogP contribution < -0.4 is 4.72 Å². The zero-order valence-corrected chi connectivity index (χ0v) is 6.23. The molecule has 10 heavy (non-hydrogen) atoms. The highest BCUT2D eigenvalue weighted by molar-refractivity contribution is 7.93. The smallest absolute Gasteiger partial charge is 0.419 e. The van der Waals surface area contributed by atoms with Crippen LogP contribution in [0.3, 0.4) is 0 Å². The number of carbonyl (C=O) groups excluding carboxylic acids is 1. The van der Waals surface area contributed by atoms with Gasteiger partial charge in [0.05, 0.1) is 7.11 Å². The summed E-state index contributed by atoms with van der Waals surface area (Å²) < 4.78 is 11.1. The molecule has 0 bridgehead atoms. The van der Waals surface area contributed by atoms with Crippen molar-refractivity contribution in [3.8, 4) is 12.3 Å². The maximum Gasteiger partial charge on any atom is 0.419 e. The number of nitrogens with one attached hydrogen (secondary N) is 1. The fourth-order valence-corrected chi connectivity index (χ4v) is 0.423. The highest BCUT2D eigenvalue weighted by atomic mass is 32.2. The van der Waals surface area contributed by atoms with Crippen LogP contribution in [-0.2, 0) is 8.92 Å². The number of hydrogen-bond donors (Lipinski definition) is 1. The van der Waals surface area contributed by atoms with Gasteiger partial charge in [0.1, 0.15) is 12.2 Å². The normalized spacial score (nSPS) is 8.00. The van der Waals surface area contributed by atoms with Crippen molar-refractivity contribution in [1.29, 1.82) is 0 Å². The fraction of sp³-hybridized carbons (Fsp3) is 0.400. The summed E-state index contributed by atoms with van der Waals surface area (Å²) in [5, 5.41) is 0. The molecule has 0 atom stereocenters. The van der Waals surface area contributed by atoms with Crippen LogP contribution in [0.15, 0.2) is 0 Å². The Balaban J connectivity index is 3.19. The van der Waals surface area contributed by atoms with E-state index in [4.69, 9.17) is 6.42 Å². The third-order valence-electron chi connectivity index (χ3n) is 0.495. The first-order valence-electron chi connectivity index (χ1n) is 2.37. The van der Waals surface area contributed by atoms with Crippen molar-refractivity contribution in [3.05, 3.63) is 0 Å². The topological polar surface area (TPSA) is 47.6 Å². The van der Waals surface area contributed by atoms with E-state index in [0.717, 1.165) is 12.2 Å². The lowest BCUT2D eigenvalue weighted by Gasteiger charge is -1.99. The number of terminal acetylenes is 1. The molecule has 0 unspecified atom stereocenters. The number of hydrogen-bond acceptors (Lipinski definition) is 4. The van der Waals surface area contributed by atoms with Gasteiger partial charge in [-0.15, -0.1) is 6.42 Å². The van der Waals surface area contributed by atoms with E-state index in [0.29, 0.717) is 0 Å². The van der Waals surface area contributed by atoms with Crippen molar-refractivity contribution < 1.29 is 13.7 Å². The van der Waals surface area contributed by atoms with E-state index in [1.807, 2.05) is 0 Å². The lowest BCUT2D eigenvalue weighted by Crippen LogP contribution is -2.17. The monoisotopic (exact) mass is 161 g/mol. The fourth-order valence-electron chi connectivity index (χ4n) is 0.212. The molecule has 4 nitrogen and oxygen atoms in total. The minimum atomic E-state index is -0.607. The molecule has 0 aliphatic carbocycles. The lowest BCUT2D eigenvalue weighted by atomic mass is 10.8. The number of ether oxygens (including phenoxy) is 1. The van der Waals surface area contributed by atoms with Crippen LogP contribution in [0.4, 0.5) is 4.79 Å². The third kappa shape index (κ3) is 5.28. The lowest BCUT2D eigenvalue weighted by molar-refractivity contribution is 0.167. The molecule has 0 fully saturated rings. The van der Waals surface area contributed by atoms with E-state index >= 15 is 0 Å². The van der Waals surface area contributed by atoms with Crippen LogP contribution in [0.5, 0.6) is 0 Å². The summed E-state index contributed by atoms with van der Waals surface area (Å²) in [4.78, 5) is 10.4. The average Bonchev–Trinajstić information content (AvgIpc) is 1.97. The molecule has 0 aromatic rings. The van der Waals surface area contributed by atoms with Gasteiger partial charge in [0.25, 0.3) is 0 Å². The molecule has 0 heterocycles. The maximum atomic E-state index is 10.4. The van der Waals surface area contributed by atoms with Gasteiger partial charge in [-0.25, -0.2) is 9.52 Å². The highest BCUT2D eigenvalue weighted by Crippen LogP contribution is 1.91. The van der Waals surface area contributed by atoms with Crippen molar-refractivity contribution >= 4 is 18.3 Å². The van der Waals surface area contributed by atoms with Crippen molar-refractivity contribution in [1.82, 2.24) is 4.72 Å². The molecule has 5 heteroatoms. The molecule has 56 valence electrons. The number of amides is 1. The molecule has 0 aromatic carbocycles. The Morgan fingerprint density at radius 3 is 3.10 bits per heavy atom. The quantitative estimate of drug-likeness (QED) is 0.373. The van der Waals surface area contributed by atoms with E-state index in [2.05, 4.69) is 19.6 Å². The van der Waals surface area contributed by atoms with Crippen LogP contribution in [-0.4, -0.2) is 19.8 Å². The molecule has 0 spiro atoms. The van der Waals surface area contributed by atoms with Gasteiger partial charge in [0.2, 0.25) is 0 Å². The Bertz CT molecular complexity index is 142. The van der Waals surface area contributed by atoms with Crippen molar-refractivity contribution in [2.45, 2.75) is 0 Å². The number of carbonyl (C=O) groups is 1. The molecule has 0 saturated heterocycles. The molecule has 0 aliphatic rings. The minimum absolute atomic E-state index is 0.0316. The zero-order chi connectivity index (χ0) is 7.82. The van der Waals surface area contributed by atoms with Crippen LogP contribution >= 0.6 is 12.2 Å². The Morgan fingerprint density at radius 2 is 2.60 bits per heavy atom. The van der Waals surface area contributed by atoms with Gasteiger partial charge in [-0.2, -0.15) is 0 Å². The molecule has 1 N–H and O–H groups in total. The summed E-state index contributed by atoms with van der Waals surface area (Å²) in [5.74, 6) is 2.14. The Labute approximate surface area is 63.6 Å². The van der Waals surface area contributed by atoms with Crippen molar-refractivity contribution in [3.63, 3.8) is 0 Å². The largest absolute Gasteiger partial charge is 0.436 e. The SMILES string of the molecule is C#CCOC(=O)NSOC. The van der Waals surface area contributed by atoms with E-state index in [1.54, 1.807) is 0 Å². The van der Waals surface area contributed by atoms with E-state index in [9.17, 15) is 4.79 Å². The van der Waals surface area contributed by atoms with E-state index in [-0.39, 0.29) is 6.61 Å².